The lowest BCUT2D eigenvalue weighted by Gasteiger charge is -2.39. The molecule has 1 aromatic rings. The molecule has 3 rings (SSSR count). The lowest BCUT2D eigenvalue weighted by atomic mass is 9.87. The van der Waals surface area contributed by atoms with Crippen molar-refractivity contribution in [2.24, 2.45) is 0 Å². The van der Waals surface area contributed by atoms with Gasteiger partial charge in [0, 0.05) is 43.2 Å². The molecule has 3 heterocycles. The minimum atomic E-state index is -0.109. The molecule has 1 atom stereocenters. The Bertz CT molecular complexity index is 751. The standard InChI is InChI=1S/C20H30N6/c1-14(2)7-8-16(21)26-12-20(4,5)17-18(22-13-23-19(17)26)25-10-9-24(6)15(3)11-25/h7-8,13,15,21H,1,9-12H2,2-6H3/b8-7-,21-16?. The quantitative estimate of drug-likeness (QED) is 0.514. The predicted molar refractivity (Wildman–Crippen MR) is 108 cm³/mol. The highest BCUT2D eigenvalue weighted by atomic mass is 15.3. The number of hydrogen-bond acceptors (Lipinski definition) is 5. The molecule has 6 heteroatoms. The van der Waals surface area contributed by atoms with Gasteiger partial charge >= 0.3 is 0 Å². The second-order valence-electron chi connectivity index (χ2n) is 8.21. The van der Waals surface area contributed by atoms with Gasteiger partial charge in [0.15, 0.2) is 0 Å². The van der Waals surface area contributed by atoms with E-state index in [2.05, 4.69) is 54.2 Å². The van der Waals surface area contributed by atoms with Crippen molar-refractivity contribution in [2.45, 2.75) is 39.2 Å². The summed E-state index contributed by atoms with van der Waals surface area (Å²) < 4.78 is 0. The Balaban J connectivity index is 1.97. The largest absolute Gasteiger partial charge is 0.353 e. The Kier molecular flexibility index (Phi) is 4.88. The van der Waals surface area contributed by atoms with Crippen LogP contribution in [0.1, 0.15) is 33.3 Å². The summed E-state index contributed by atoms with van der Waals surface area (Å²) in [5.74, 6) is 2.33. The zero-order chi connectivity index (χ0) is 19.1. The second kappa shape index (κ2) is 6.83. The highest BCUT2D eigenvalue weighted by Gasteiger charge is 2.41. The van der Waals surface area contributed by atoms with Crippen LogP contribution < -0.4 is 9.80 Å². The monoisotopic (exact) mass is 354 g/mol. The Morgan fingerprint density at radius 1 is 1.27 bits per heavy atom. The smallest absolute Gasteiger partial charge is 0.143 e. The Morgan fingerprint density at radius 2 is 1.96 bits per heavy atom. The first-order valence-corrected chi connectivity index (χ1v) is 9.21. The summed E-state index contributed by atoms with van der Waals surface area (Å²) in [5, 5.41) is 8.48. The first kappa shape index (κ1) is 18.6. The maximum Gasteiger partial charge on any atom is 0.143 e. The van der Waals surface area contributed by atoms with Gasteiger partial charge in [-0.05, 0) is 27.0 Å². The van der Waals surface area contributed by atoms with Crippen molar-refractivity contribution in [3.05, 3.63) is 36.2 Å². The SMILES string of the molecule is C=C(C)/C=C\C(=N)N1CC(C)(C)c2c(N3CCN(C)C(C)C3)ncnc21. The van der Waals surface area contributed by atoms with Gasteiger partial charge in [0.2, 0.25) is 0 Å². The highest BCUT2D eigenvalue weighted by molar-refractivity contribution is 6.05. The maximum absolute atomic E-state index is 8.48. The summed E-state index contributed by atoms with van der Waals surface area (Å²) >= 11 is 0. The highest BCUT2D eigenvalue weighted by Crippen LogP contribution is 2.44. The topological polar surface area (TPSA) is 59.4 Å². The van der Waals surface area contributed by atoms with Crippen molar-refractivity contribution in [1.29, 1.82) is 5.41 Å². The number of aromatic nitrogens is 2. The average molecular weight is 355 g/mol. The summed E-state index contributed by atoms with van der Waals surface area (Å²) in [5.41, 5.74) is 1.98. The molecule has 0 aliphatic carbocycles. The molecule has 140 valence electrons. The molecule has 2 aliphatic rings. The zero-order valence-corrected chi connectivity index (χ0v) is 16.6. The van der Waals surface area contributed by atoms with E-state index < -0.39 is 0 Å². The molecular formula is C20H30N6. The van der Waals surface area contributed by atoms with E-state index in [1.165, 1.54) is 0 Å². The fraction of sp³-hybridized carbons (Fsp3) is 0.550. The molecule has 1 unspecified atom stereocenters. The van der Waals surface area contributed by atoms with Crippen LogP contribution in [-0.4, -0.2) is 60.0 Å². The van der Waals surface area contributed by atoms with E-state index in [4.69, 9.17) is 5.41 Å². The van der Waals surface area contributed by atoms with Crippen LogP contribution in [-0.2, 0) is 5.41 Å². The number of rotatable bonds is 3. The Labute approximate surface area is 156 Å². The van der Waals surface area contributed by atoms with Gasteiger partial charge in [0.05, 0.1) is 0 Å². The van der Waals surface area contributed by atoms with Crippen molar-refractivity contribution < 1.29 is 0 Å². The fourth-order valence-corrected chi connectivity index (χ4v) is 3.72. The van der Waals surface area contributed by atoms with Crippen LogP contribution in [0.2, 0.25) is 0 Å². The molecule has 0 radical (unpaired) electrons. The summed E-state index contributed by atoms with van der Waals surface area (Å²) in [4.78, 5) is 16.0. The first-order valence-electron chi connectivity index (χ1n) is 9.21. The lowest BCUT2D eigenvalue weighted by molar-refractivity contribution is 0.233. The molecule has 26 heavy (non-hydrogen) atoms. The van der Waals surface area contributed by atoms with Gasteiger partial charge < -0.3 is 14.7 Å². The van der Waals surface area contributed by atoms with Gasteiger partial charge in [-0.15, -0.1) is 0 Å². The van der Waals surface area contributed by atoms with Crippen LogP contribution in [0.4, 0.5) is 11.6 Å². The van der Waals surface area contributed by atoms with Gasteiger partial charge in [-0.2, -0.15) is 0 Å². The third-order valence-corrected chi connectivity index (χ3v) is 5.37. The summed E-state index contributed by atoms with van der Waals surface area (Å²) in [7, 11) is 2.17. The number of piperazine rings is 1. The number of amidine groups is 1. The Hall–Kier alpha value is -2.21. The minimum absolute atomic E-state index is 0.109. The van der Waals surface area contributed by atoms with Gasteiger partial charge in [-0.3, -0.25) is 5.41 Å². The molecule has 6 nitrogen and oxygen atoms in total. The second-order valence-corrected chi connectivity index (χ2v) is 8.21. The Morgan fingerprint density at radius 3 is 2.62 bits per heavy atom. The zero-order valence-electron chi connectivity index (χ0n) is 16.6. The molecule has 1 saturated heterocycles. The number of nitrogens with zero attached hydrogens (tertiary/aromatic N) is 5. The van der Waals surface area contributed by atoms with E-state index in [0.717, 1.165) is 49.0 Å². The average Bonchev–Trinajstić information content (AvgIpc) is 2.87. The lowest BCUT2D eigenvalue weighted by Crippen LogP contribution is -2.50. The molecule has 0 amide bonds. The number of anilines is 2. The third-order valence-electron chi connectivity index (χ3n) is 5.37. The van der Waals surface area contributed by atoms with E-state index in [1.54, 1.807) is 12.4 Å². The normalized spacial score (nSPS) is 22.7. The number of hydrogen-bond donors (Lipinski definition) is 1. The maximum atomic E-state index is 8.48. The van der Waals surface area contributed by atoms with E-state index in [1.807, 2.05) is 17.9 Å². The number of nitrogens with one attached hydrogen (secondary N) is 1. The van der Waals surface area contributed by atoms with Gasteiger partial charge in [0.1, 0.15) is 23.8 Å². The van der Waals surface area contributed by atoms with Gasteiger partial charge in [0.25, 0.3) is 0 Å². The summed E-state index contributed by atoms with van der Waals surface area (Å²) in [6.07, 6.45) is 5.31. The van der Waals surface area contributed by atoms with Crippen molar-refractivity contribution in [2.75, 3.05) is 43.0 Å². The van der Waals surface area contributed by atoms with Crippen LogP contribution in [0.15, 0.2) is 30.6 Å². The van der Waals surface area contributed by atoms with E-state index >= 15 is 0 Å². The molecule has 2 aliphatic heterocycles. The number of allylic oxidation sites excluding steroid dienone is 2. The van der Waals surface area contributed by atoms with Crippen molar-refractivity contribution in [3.8, 4) is 0 Å². The molecule has 0 saturated carbocycles. The van der Waals surface area contributed by atoms with Crippen LogP contribution in [0.25, 0.3) is 0 Å². The van der Waals surface area contributed by atoms with E-state index in [0.29, 0.717) is 11.9 Å². The summed E-state index contributed by atoms with van der Waals surface area (Å²) in [6, 6.07) is 0.492. The summed E-state index contributed by atoms with van der Waals surface area (Å²) in [6.45, 7) is 16.2. The molecule has 1 N–H and O–H groups in total. The third kappa shape index (κ3) is 3.38. The molecular weight excluding hydrogens is 324 g/mol. The first-order chi connectivity index (χ1) is 12.2. The van der Waals surface area contributed by atoms with Crippen molar-refractivity contribution in [3.63, 3.8) is 0 Å². The van der Waals surface area contributed by atoms with Gasteiger partial charge in [-0.25, -0.2) is 9.97 Å². The molecule has 1 fully saturated rings. The molecule has 0 spiro atoms. The van der Waals surface area contributed by atoms with Crippen molar-refractivity contribution >= 4 is 17.5 Å². The number of fused-ring (bicyclic) bond motifs is 1. The molecule has 1 aromatic heterocycles. The molecule has 0 aromatic carbocycles. The predicted octanol–water partition coefficient (Wildman–Crippen LogP) is 2.82. The van der Waals surface area contributed by atoms with Crippen molar-refractivity contribution in [1.82, 2.24) is 14.9 Å². The van der Waals surface area contributed by atoms with Crippen LogP contribution in [0, 0.1) is 5.41 Å². The fourth-order valence-electron chi connectivity index (χ4n) is 3.72. The minimum Gasteiger partial charge on any atom is -0.353 e. The van der Waals surface area contributed by atoms with Crippen LogP contribution in [0.3, 0.4) is 0 Å². The van der Waals surface area contributed by atoms with Gasteiger partial charge in [-0.1, -0.05) is 32.1 Å². The van der Waals surface area contributed by atoms with E-state index in [-0.39, 0.29) is 5.41 Å². The van der Waals surface area contributed by atoms with Crippen LogP contribution >= 0.6 is 0 Å². The van der Waals surface area contributed by atoms with Crippen LogP contribution in [0.5, 0.6) is 0 Å². The number of likely N-dealkylation sites (N-methyl/N-ethyl adjacent to an activating group) is 1. The van der Waals surface area contributed by atoms with E-state index in [9.17, 15) is 0 Å². The molecule has 0 bridgehead atoms.